The van der Waals surface area contributed by atoms with Crippen molar-refractivity contribution >= 4 is 28.8 Å². The monoisotopic (exact) mass is 252 g/mol. The maximum absolute atomic E-state index is 10.8. The Kier molecular flexibility index (Phi) is 2.69. The molecule has 0 saturated heterocycles. The molecule has 1 amide bonds. The van der Waals surface area contributed by atoms with Crippen molar-refractivity contribution < 1.29 is 9.21 Å². The summed E-state index contributed by atoms with van der Waals surface area (Å²) < 4.78 is 7.26. The highest BCUT2D eigenvalue weighted by atomic mass is 127. The van der Waals surface area contributed by atoms with Gasteiger partial charge in [-0.3, -0.25) is 10.2 Å². The van der Waals surface area contributed by atoms with Crippen LogP contribution in [0.4, 0.5) is 0 Å². The summed E-state index contributed by atoms with van der Waals surface area (Å²) in [6, 6.07) is 3.24. The van der Waals surface area contributed by atoms with E-state index in [0.29, 0.717) is 5.76 Å². The highest BCUT2D eigenvalue weighted by Gasteiger charge is 2.04. The molecule has 0 aromatic carbocycles. The first-order valence-electron chi connectivity index (χ1n) is 2.54. The molecule has 0 aliphatic carbocycles. The Morgan fingerprint density at radius 3 is 3.00 bits per heavy atom. The standard InChI is InChI=1S/C5H5IN2O2/c6-8-7-5(9)4-2-1-3-10-4/h1-3,8H,(H,7,9). The summed E-state index contributed by atoms with van der Waals surface area (Å²) in [5.74, 6) is 0.0172. The van der Waals surface area contributed by atoms with Crippen LogP contribution in [0, 0.1) is 0 Å². The molecule has 0 bridgehead atoms. The van der Waals surface area contributed by atoms with Crippen molar-refractivity contribution in [2.45, 2.75) is 0 Å². The van der Waals surface area contributed by atoms with E-state index in [-0.39, 0.29) is 5.91 Å². The molecule has 4 nitrogen and oxygen atoms in total. The summed E-state index contributed by atoms with van der Waals surface area (Å²) in [4.78, 5) is 10.8. The number of carbonyl (C=O) groups excluding carboxylic acids is 1. The van der Waals surface area contributed by atoms with E-state index < -0.39 is 0 Å². The lowest BCUT2D eigenvalue weighted by Gasteiger charge is -1.95. The first kappa shape index (κ1) is 7.55. The smallest absolute Gasteiger partial charge is 0.301 e. The molecule has 1 heterocycles. The Hall–Kier alpha value is -0.560. The van der Waals surface area contributed by atoms with Crippen LogP contribution in [-0.4, -0.2) is 5.91 Å². The molecule has 0 radical (unpaired) electrons. The van der Waals surface area contributed by atoms with Gasteiger partial charge in [-0.05, 0) is 12.1 Å². The second kappa shape index (κ2) is 3.57. The van der Waals surface area contributed by atoms with E-state index in [1.54, 1.807) is 35.0 Å². The van der Waals surface area contributed by atoms with E-state index in [9.17, 15) is 4.79 Å². The van der Waals surface area contributed by atoms with Crippen molar-refractivity contribution in [2.75, 3.05) is 0 Å². The average Bonchev–Trinajstić information content (AvgIpc) is 2.38. The van der Waals surface area contributed by atoms with Crippen molar-refractivity contribution in [2.24, 2.45) is 0 Å². The zero-order valence-corrected chi connectivity index (χ0v) is 7.08. The lowest BCUT2D eigenvalue weighted by Crippen LogP contribution is -2.29. The van der Waals surface area contributed by atoms with Gasteiger partial charge >= 0.3 is 5.91 Å². The molecule has 1 rings (SSSR count). The molecule has 1 aromatic rings. The van der Waals surface area contributed by atoms with E-state index in [1.807, 2.05) is 0 Å². The van der Waals surface area contributed by atoms with Crippen molar-refractivity contribution in [1.29, 1.82) is 0 Å². The fourth-order valence-corrected chi connectivity index (χ4v) is 0.757. The van der Waals surface area contributed by atoms with Crippen LogP contribution in [0.2, 0.25) is 0 Å². The minimum atomic E-state index is -0.278. The van der Waals surface area contributed by atoms with E-state index >= 15 is 0 Å². The van der Waals surface area contributed by atoms with E-state index in [0.717, 1.165) is 0 Å². The van der Waals surface area contributed by atoms with Crippen LogP contribution >= 0.6 is 22.9 Å². The Morgan fingerprint density at radius 2 is 2.50 bits per heavy atom. The van der Waals surface area contributed by atoms with Crippen LogP contribution < -0.4 is 9.06 Å². The van der Waals surface area contributed by atoms with Gasteiger partial charge in [-0.25, -0.2) is 0 Å². The van der Waals surface area contributed by atoms with Gasteiger partial charge in [-0.1, -0.05) is 0 Å². The van der Waals surface area contributed by atoms with E-state index in [1.165, 1.54) is 6.26 Å². The quantitative estimate of drug-likeness (QED) is 0.466. The number of hydrogen-bond donors (Lipinski definition) is 2. The van der Waals surface area contributed by atoms with Gasteiger partial charge in [0, 0.05) is 22.9 Å². The van der Waals surface area contributed by atoms with Gasteiger partial charge in [0.1, 0.15) is 0 Å². The lowest BCUT2D eigenvalue weighted by molar-refractivity contribution is 0.0921. The molecular weight excluding hydrogens is 247 g/mol. The molecule has 0 aliphatic rings. The molecule has 10 heavy (non-hydrogen) atoms. The minimum Gasteiger partial charge on any atom is -0.459 e. The molecule has 0 fully saturated rings. The third-order valence-electron chi connectivity index (χ3n) is 0.906. The first-order valence-corrected chi connectivity index (χ1v) is 3.62. The van der Waals surface area contributed by atoms with Gasteiger partial charge in [0.15, 0.2) is 5.76 Å². The van der Waals surface area contributed by atoms with Crippen molar-refractivity contribution in [1.82, 2.24) is 9.06 Å². The normalized spacial score (nSPS) is 9.30. The zero-order valence-electron chi connectivity index (χ0n) is 4.93. The summed E-state index contributed by atoms with van der Waals surface area (Å²) in [7, 11) is 0. The van der Waals surface area contributed by atoms with Crippen LogP contribution in [0.15, 0.2) is 22.8 Å². The highest BCUT2D eigenvalue weighted by Crippen LogP contribution is 1.97. The predicted molar refractivity (Wildman–Crippen MR) is 43.3 cm³/mol. The highest BCUT2D eigenvalue weighted by molar-refractivity contribution is 14.1. The van der Waals surface area contributed by atoms with E-state index in [2.05, 4.69) is 9.06 Å². The lowest BCUT2D eigenvalue weighted by atomic mass is 10.4. The number of rotatable bonds is 2. The molecule has 5 heteroatoms. The van der Waals surface area contributed by atoms with Crippen molar-refractivity contribution in [3.8, 4) is 0 Å². The van der Waals surface area contributed by atoms with Crippen LogP contribution in [0.1, 0.15) is 10.6 Å². The fourth-order valence-electron chi connectivity index (χ4n) is 0.512. The number of amides is 1. The maximum Gasteiger partial charge on any atom is 0.301 e. The number of hydrazine groups is 1. The van der Waals surface area contributed by atoms with Gasteiger partial charge in [0.2, 0.25) is 0 Å². The molecule has 2 N–H and O–H groups in total. The predicted octanol–water partition coefficient (Wildman–Crippen LogP) is 0.864. The van der Waals surface area contributed by atoms with Crippen molar-refractivity contribution in [3.63, 3.8) is 0 Å². The summed E-state index contributed by atoms with van der Waals surface area (Å²) in [6.45, 7) is 0. The van der Waals surface area contributed by atoms with Crippen molar-refractivity contribution in [3.05, 3.63) is 24.2 Å². The Morgan fingerprint density at radius 1 is 1.70 bits per heavy atom. The Balaban J connectivity index is 2.59. The van der Waals surface area contributed by atoms with E-state index in [4.69, 9.17) is 4.42 Å². The van der Waals surface area contributed by atoms with Crippen LogP contribution in [0.25, 0.3) is 0 Å². The molecule has 0 saturated carbocycles. The van der Waals surface area contributed by atoms with Crippen LogP contribution in [0.3, 0.4) is 0 Å². The van der Waals surface area contributed by atoms with Gasteiger partial charge in [-0.15, -0.1) is 0 Å². The number of hydrogen-bond acceptors (Lipinski definition) is 3. The van der Waals surface area contributed by atoms with Crippen LogP contribution in [0.5, 0.6) is 0 Å². The first-order chi connectivity index (χ1) is 4.84. The largest absolute Gasteiger partial charge is 0.459 e. The fraction of sp³-hybridized carbons (Fsp3) is 0. The molecule has 0 spiro atoms. The summed E-state index contributed by atoms with van der Waals surface area (Å²) >= 11 is 1.80. The number of carbonyl (C=O) groups is 1. The average molecular weight is 252 g/mol. The Labute approximate surface area is 71.4 Å². The summed E-state index contributed by atoms with van der Waals surface area (Å²) in [5.41, 5.74) is 2.35. The third-order valence-corrected chi connectivity index (χ3v) is 1.18. The number of furan rings is 1. The second-order valence-electron chi connectivity index (χ2n) is 1.53. The SMILES string of the molecule is O=C(NNI)c1ccco1. The topological polar surface area (TPSA) is 54.3 Å². The molecule has 0 aliphatic heterocycles. The molecule has 0 unspecified atom stereocenters. The molecule has 54 valence electrons. The number of nitrogens with one attached hydrogen (secondary N) is 2. The molecule has 0 atom stereocenters. The van der Waals surface area contributed by atoms with Crippen LogP contribution in [-0.2, 0) is 0 Å². The molecule has 1 aromatic heterocycles. The van der Waals surface area contributed by atoms with Gasteiger partial charge in [0.05, 0.1) is 6.26 Å². The Bertz CT molecular complexity index is 209. The van der Waals surface area contributed by atoms with Gasteiger partial charge in [0.25, 0.3) is 0 Å². The minimum absolute atomic E-state index is 0.278. The number of halogens is 1. The van der Waals surface area contributed by atoms with Gasteiger partial charge in [-0.2, -0.15) is 3.64 Å². The third kappa shape index (κ3) is 1.71. The summed E-state index contributed by atoms with van der Waals surface area (Å²) in [5, 5.41) is 0. The molecular formula is C5H5IN2O2. The van der Waals surface area contributed by atoms with Gasteiger partial charge < -0.3 is 4.42 Å². The second-order valence-corrected chi connectivity index (χ2v) is 2.07. The summed E-state index contributed by atoms with van der Waals surface area (Å²) in [6.07, 6.45) is 1.45. The maximum atomic E-state index is 10.8. The zero-order chi connectivity index (χ0) is 7.40.